The third kappa shape index (κ3) is 3.33. The van der Waals surface area contributed by atoms with Gasteiger partial charge in [0.25, 0.3) is 0 Å². The highest BCUT2D eigenvalue weighted by atomic mass is 16.3. The number of hydrogen-bond donors (Lipinski definition) is 1. The van der Waals surface area contributed by atoms with Crippen molar-refractivity contribution in [3.8, 4) is 0 Å². The molecule has 1 aromatic rings. The third-order valence-corrected chi connectivity index (χ3v) is 3.90. The second kappa shape index (κ2) is 6.35. The van der Waals surface area contributed by atoms with E-state index in [1.165, 1.54) is 16.7 Å². The summed E-state index contributed by atoms with van der Waals surface area (Å²) in [6, 6.07) is 6.90. The van der Waals surface area contributed by atoms with Gasteiger partial charge in [-0.2, -0.15) is 0 Å². The maximum absolute atomic E-state index is 9.67. The Morgan fingerprint density at radius 2 is 1.72 bits per heavy atom. The van der Waals surface area contributed by atoms with Crippen LogP contribution in [0.2, 0.25) is 0 Å². The second-order valence-electron chi connectivity index (χ2n) is 5.84. The van der Waals surface area contributed by atoms with Gasteiger partial charge in [0.2, 0.25) is 0 Å². The van der Waals surface area contributed by atoms with Crippen molar-refractivity contribution in [2.24, 2.45) is 11.8 Å². The molecule has 0 aromatic heterocycles. The summed E-state index contributed by atoms with van der Waals surface area (Å²) in [5.74, 6) is 0.728. The molecule has 102 valence electrons. The molecule has 1 aromatic carbocycles. The number of aliphatic hydroxyl groups excluding tert-OH is 1. The first-order valence-corrected chi connectivity index (χ1v) is 6.73. The van der Waals surface area contributed by atoms with Crippen molar-refractivity contribution in [1.29, 1.82) is 0 Å². The fourth-order valence-corrected chi connectivity index (χ4v) is 2.55. The van der Waals surface area contributed by atoms with Crippen LogP contribution in [0.5, 0.6) is 0 Å². The summed E-state index contributed by atoms with van der Waals surface area (Å²) in [5.41, 5.74) is 3.94. The van der Waals surface area contributed by atoms with Gasteiger partial charge in [-0.3, -0.25) is 0 Å². The SMILES string of the molecule is Cc1ccc(C(C(CO)C(C)C)N(C)C)cc1C. The molecule has 0 aliphatic rings. The minimum atomic E-state index is 0.230. The van der Waals surface area contributed by atoms with Gasteiger partial charge in [0, 0.05) is 18.6 Å². The van der Waals surface area contributed by atoms with Gasteiger partial charge in [0.05, 0.1) is 0 Å². The highest BCUT2D eigenvalue weighted by molar-refractivity contribution is 5.32. The van der Waals surface area contributed by atoms with Gasteiger partial charge in [0.1, 0.15) is 0 Å². The fourth-order valence-electron chi connectivity index (χ4n) is 2.55. The number of hydrogen-bond acceptors (Lipinski definition) is 2. The van der Waals surface area contributed by atoms with Gasteiger partial charge in [-0.05, 0) is 50.6 Å². The summed E-state index contributed by atoms with van der Waals surface area (Å²) >= 11 is 0. The number of rotatable bonds is 5. The molecule has 0 bridgehead atoms. The van der Waals surface area contributed by atoms with Crippen molar-refractivity contribution in [3.63, 3.8) is 0 Å². The number of benzene rings is 1. The molecule has 0 aliphatic heterocycles. The first kappa shape index (κ1) is 15.2. The van der Waals surface area contributed by atoms with Crippen LogP contribution in [0.3, 0.4) is 0 Å². The maximum atomic E-state index is 9.67. The molecule has 0 amide bonds. The van der Waals surface area contributed by atoms with Crippen molar-refractivity contribution in [2.45, 2.75) is 33.7 Å². The Morgan fingerprint density at radius 3 is 2.11 bits per heavy atom. The molecule has 1 N–H and O–H groups in total. The van der Waals surface area contributed by atoms with E-state index in [0.29, 0.717) is 5.92 Å². The van der Waals surface area contributed by atoms with Crippen LogP contribution >= 0.6 is 0 Å². The lowest BCUT2D eigenvalue weighted by Gasteiger charge is -2.34. The Balaban J connectivity index is 3.15. The van der Waals surface area contributed by atoms with Crippen LogP contribution in [0, 0.1) is 25.7 Å². The first-order chi connectivity index (χ1) is 8.38. The minimum Gasteiger partial charge on any atom is -0.396 e. The zero-order valence-electron chi connectivity index (χ0n) is 12.6. The van der Waals surface area contributed by atoms with E-state index in [-0.39, 0.29) is 18.6 Å². The van der Waals surface area contributed by atoms with E-state index in [1.54, 1.807) is 0 Å². The van der Waals surface area contributed by atoms with Crippen LogP contribution in [0.1, 0.15) is 36.6 Å². The quantitative estimate of drug-likeness (QED) is 0.866. The van der Waals surface area contributed by atoms with Gasteiger partial charge >= 0.3 is 0 Å². The molecule has 2 atom stereocenters. The van der Waals surface area contributed by atoms with Crippen LogP contribution in [-0.4, -0.2) is 30.7 Å². The normalized spacial score (nSPS) is 15.2. The Hall–Kier alpha value is -0.860. The zero-order chi connectivity index (χ0) is 13.9. The molecule has 2 unspecified atom stereocenters. The number of aryl methyl sites for hydroxylation is 2. The van der Waals surface area contributed by atoms with Gasteiger partial charge in [-0.25, -0.2) is 0 Å². The predicted octanol–water partition coefficient (Wildman–Crippen LogP) is 3.17. The molecule has 18 heavy (non-hydrogen) atoms. The Morgan fingerprint density at radius 1 is 1.11 bits per heavy atom. The highest BCUT2D eigenvalue weighted by Crippen LogP contribution is 2.32. The molecule has 0 saturated heterocycles. The van der Waals surface area contributed by atoms with Crippen molar-refractivity contribution in [2.75, 3.05) is 20.7 Å². The molecule has 2 nitrogen and oxygen atoms in total. The Kier molecular flexibility index (Phi) is 5.36. The fraction of sp³-hybridized carbons (Fsp3) is 0.625. The molecule has 2 heteroatoms. The minimum absolute atomic E-state index is 0.230. The van der Waals surface area contributed by atoms with Crippen LogP contribution in [0.25, 0.3) is 0 Å². The smallest absolute Gasteiger partial charge is 0.0480 e. The van der Waals surface area contributed by atoms with Crippen molar-refractivity contribution in [1.82, 2.24) is 4.90 Å². The first-order valence-electron chi connectivity index (χ1n) is 6.73. The number of aliphatic hydroxyl groups is 1. The van der Waals surface area contributed by atoms with E-state index in [1.807, 2.05) is 0 Å². The van der Waals surface area contributed by atoms with E-state index < -0.39 is 0 Å². The van der Waals surface area contributed by atoms with Crippen LogP contribution in [0.4, 0.5) is 0 Å². The summed E-state index contributed by atoms with van der Waals surface area (Å²) in [5, 5.41) is 9.67. The van der Waals surface area contributed by atoms with Gasteiger partial charge in [-0.1, -0.05) is 32.0 Å². The lowest BCUT2D eigenvalue weighted by Crippen LogP contribution is -2.32. The van der Waals surface area contributed by atoms with Crippen molar-refractivity contribution < 1.29 is 5.11 Å². The zero-order valence-corrected chi connectivity index (χ0v) is 12.6. The second-order valence-corrected chi connectivity index (χ2v) is 5.84. The van der Waals surface area contributed by atoms with Gasteiger partial charge in [0.15, 0.2) is 0 Å². The molecule has 0 aliphatic carbocycles. The van der Waals surface area contributed by atoms with Crippen LogP contribution in [-0.2, 0) is 0 Å². The van der Waals surface area contributed by atoms with Crippen molar-refractivity contribution in [3.05, 3.63) is 34.9 Å². The lowest BCUT2D eigenvalue weighted by molar-refractivity contribution is 0.100. The summed E-state index contributed by atoms with van der Waals surface area (Å²) in [7, 11) is 4.18. The number of nitrogens with zero attached hydrogens (tertiary/aromatic N) is 1. The van der Waals surface area contributed by atoms with E-state index in [4.69, 9.17) is 0 Å². The standard InChI is InChI=1S/C16H27NO/c1-11(2)15(10-18)16(17(5)6)14-8-7-12(3)13(4)9-14/h7-9,11,15-16,18H,10H2,1-6H3. The van der Waals surface area contributed by atoms with Gasteiger partial charge in [-0.15, -0.1) is 0 Å². The van der Waals surface area contributed by atoms with Crippen LogP contribution in [0.15, 0.2) is 18.2 Å². The van der Waals surface area contributed by atoms with Gasteiger partial charge < -0.3 is 10.0 Å². The maximum Gasteiger partial charge on any atom is 0.0480 e. The van der Waals surface area contributed by atoms with Crippen LogP contribution < -0.4 is 0 Å². The lowest BCUT2D eigenvalue weighted by atomic mass is 9.83. The molecule has 0 radical (unpaired) electrons. The molecule has 0 spiro atoms. The van der Waals surface area contributed by atoms with E-state index in [0.717, 1.165) is 0 Å². The van der Waals surface area contributed by atoms with E-state index in [9.17, 15) is 5.11 Å². The average Bonchev–Trinajstić information content (AvgIpc) is 2.28. The average molecular weight is 249 g/mol. The largest absolute Gasteiger partial charge is 0.396 e. The van der Waals surface area contributed by atoms with E-state index >= 15 is 0 Å². The molecule has 0 heterocycles. The Bertz CT molecular complexity index is 385. The predicted molar refractivity (Wildman–Crippen MR) is 77.8 cm³/mol. The summed E-state index contributed by atoms with van der Waals surface area (Å²) in [6.07, 6.45) is 0. The Labute approximate surface area is 112 Å². The monoisotopic (exact) mass is 249 g/mol. The molecular formula is C16H27NO. The molecule has 0 saturated carbocycles. The van der Waals surface area contributed by atoms with E-state index in [2.05, 4.69) is 64.9 Å². The third-order valence-electron chi connectivity index (χ3n) is 3.90. The highest BCUT2D eigenvalue weighted by Gasteiger charge is 2.27. The molecular weight excluding hydrogens is 222 g/mol. The topological polar surface area (TPSA) is 23.5 Å². The molecule has 1 rings (SSSR count). The summed E-state index contributed by atoms with van der Waals surface area (Å²) < 4.78 is 0. The summed E-state index contributed by atoms with van der Waals surface area (Å²) in [6.45, 7) is 8.87. The van der Waals surface area contributed by atoms with Crippen molar-refractivity contribution >= 4 is 0 Å². The molecule has 0 fully saturated rings. The summed E-state index contributed by atoms with van der Waals surface area (Å²) in [4.78, 5) is 2.21.